The summed E-state index contributed by atoms with van der Waals surface area (Å²) in [5, 5.41) is 12.3. The van der Waals surface area contributed by atoms with E-state index in [0.717, 1.165) is 11.0 Å². The lowest BCUT2D eigenvalue weighted by Gasteiger charge is -2.36. The number of piperazine rings is 1. The third-order valence-corrected chi connectivity index (χ3v) is 4.80. The molecule has 1 fully saturated rings. The number of amides is 1. The van der Waals surface area contributed by atoms with E-state index in [0.29, 0.717) is 38.5 Å². The molecule has 0 radical (unpaired) electrons. The Kier molecular flexibility index (Phi) is 6.21. The number of aromatic nitrogens is 2. The lowest BCUT2D eigenvalue weighted by atomic mass is 10.2. The summed E-state index contributed by atoms with van der Waals surface area (Å²) in [5.74, 6) is 0.343. The molecule has 2 rings (SSSR count). The van der Waals surface area contributed by atoms with Crippen molar-refractivity contribution in [2.75, 3.05) is 37.6 Å². The number of nitrogens with one attached hydrogen (secondary N) is 1. The molecule has 1 saturated heterocycles. The van der Waals surface area contributed by atoms with E-state index in [1.165, 1.54) is 11.6 Å². The lowest BCUT2D eigenvalue weighted by molar-refractivity contribution is -0.122. The highest BCUT2D eigenvalue weighted by atomic mass is 16.2. The van der Waals surface area contributed by atoms with E-state index in [4.69, 9.17) is 0 Å². The summed E-state index contributed by atoms with van der Waals surface area (Å²) in [5.41, 5.74) is -1.07. The van der Waals surface area contributed by atoms with Crippen LogP contribution in [-0.2, 0) is 18.9 Å². The number of anilines is 1. The van der Waals surface area contributed by atoms with Crippen LogP contribution >= 0.6 is 0 Å². The second kappa shape index (κ2) is 8.19. The zero-order chi connectivity index (χ0) is 19.4. The first-order valence-electron chi connectivity index (χ1n) is 8.76. The average Bonchev–Trinajstić information content (AvgIpc) is 2.63. The molecule has 1 unspecified atom stereocenters. The standard InChI is InChI=1S/C17H26N6O3/c1-5-12(2)19-14(24)11-22-6-8-23(9-7-22)15-13(10-18)16(25)21(4)17(26)20(15)3/h12H,5-9,11H2,1-4H3,(H,19,24). The number of nitriles is 1. The number of carbonyl (C=O) groups excluding carboxylic acids is 1. The molecule has 1 aliphatic rings. The second-order valence-corrected chi connectivity index (χ2v) is 6.66. The van der Waals surface area contributed by atoms with Crippen LogP contribution in [0.3, 0.4) is 0 Å². The van der Waals surface area contributed by atoms with E-state index in [2.05, 4.69) is 5.32 Å². The van der Waals surface area contributed by atoms with E-state index in [1.54, 1.807) is 7.05 Å². The molecule has 1 atom stereocenters. The van der Waals surface area contributed by atoms with Crippen LogP contribution in [0, 0.1) is 11.3 Å². The third-order valence-electron chi connectivity index (χ3n) is 4.80. The maximum absolute atomic E-state index is 12.2. The number of hydrogen-bond donors (Lipinski definition) is 1. The van der Waals surface area contributed by atoms with Gasteiger partial charge in [-0.05, 0) is 13.3 Å². The van der Waals surface area contributed by atoms with Gasteiger partial charge in [0.25, 0.3) is 5.56 Å². The molecule has 0 bridgehead atoms. The van der Waals surface area contributed by atoms with Crippen molar-refractivity contribution in [2.45, 2.75) is 26.3 Å². The van der Waals surface area contributed by atoms with Crippen LogP contribution in [0.2, 0.25) is 0 Å². The Bertz CT molecular complexity index is 827. The van der Waals surface area contributed by atoms with Gasteiger partial charge in [0.1, 0.15) is 11.9 Å². The number of carbonyl (C=O) groups is 1. The smallest absolute Gasteiger partial charge is 0.332 e. The summed E-state index contributed by atoms with van der Waals surface area (Å²) in [4.78, 5) is 40.3. The Morgan fingerprint density at radius 2 is 1.81 bits per heavy atom. The number of rotatable bonds is 5. The second-order valence-electron chi connectivity index (χ2n) is 6.66. The van der Waals surface area contributed by atoms with E-state index in [9.17, 15) is 19.6 Å². The van der Waals surface area contributed by atoms with Crippen LogP contribution in [0.1, 0.15) is 25.8 Å². The highest BCUT2D eigenvalue weighted by Gasteiger charge is 2.25. The van der Waals surface area contributed by atoms with Crippen molar-refractivity contribution < 1.29 is 4.79 Å². The Morgan fingerprint density at radius 3 is 2.35 bits per heavy atom. The van der Waals surface area contributed by atoms with E-state index in [-0.39, 0.29) is 17.5 Å². The molecule has 9 heteroatoms. The van der Waals surface area contributed by atoms with Gasteiger partial charge in [0.2, 0.25) is 5.91 Å². The summed E-state index contributed by atoms with van der Waals surface area (Å²) < 4.78 is 2.28. The summed E-state index contributed by atoms with van der Waals surface area (Å²) in [6.07, 6.45) is 0.882. The van der Waals surface area contributed by atoms with E-state index in [1.807, 2.05) is 29.7 Å². The van der Waals surface area contributed by atoms with E-state index < -0.39 is 11.2 Å². The highest BCUT2D eigenvalue weighted by Crippen LogP contribution is 2.16. The molecule has 0 aliphatic carbocycles. The third kappa shape index (κ3) is 3.96. The topological polar surface area (TPSA) is 103 Å². The Hall–Kier alpha value is -2.60. The summed E-state index contributed by atoms with van der Waals surface area (Å²) in [6.45, 7) is 6.60. The zero-order valence-corrected chi connectivity index (χ0v) is 15.8. The maximum Gasteiger partial charge on any atom is 0.332 e. The minimum Gasteiger partial charge on any atom is -0.354 e. The molecule has 1 N–H and O–H groups in total. The van der Waals surface area contributed by atoms with Crippen LogP contribution < -0.4 is 21.5 Å². The molecule has 9 nitrogen and oxygen atoms in total. The fourth-order valence-corrected chi connectivity index (χ4v) is 3.04. The summed E-state index contributed by atoms with van der Waals surface area (Å²) in [7, 11) is 2.92. The SMILES string of the molecule is CCC(C)NC(=O)CN1CCN(c2c(C#N)c(=O)n(C)c(=O)n2C)CC1. The van der Waals surface area contributed by atoms with E-state index >= 15 is 0 Å². The molecule has 1 amide bonds. The van der Waals surface area contributed by atoms with Gasteiger partial charge < -0.3 is 10.2 Å². The van der Waals surface area contributed by atoms with Gasteiger partial charge in [0, 0.05) is 46.3 Å². The first-order valence-corrected chi connectivity index (χ1v) is 8.76. The molecule has 1 aromatic heterocycles. The molecule has 0 saturated carbocycles. The summed E-state index contributed by atoms with van der Waals surface area (Å²) >= 11 is 0. The van der Waals surface area contributed by atoms with Crippen molar-refractivity contribution >= 4 is 11.7 Å². The monoisotopic (exact) mass is 362 g/mol. The van der Waals surface area contributed by atoms with Crippen molar-refractivity contribution in [3.05, 3.63) is 26.4 Å². The first-order chi connectivity index (χ1) is 12.3. The molecular formula is C17H26N6O3. The van der Waals surface area contributed by atoms with Crippen molar-refractivity contribution in [1.29, 1.82) is 5.26 Å². The minimum atomic E-state index is -0.582. The first kappa shape index (κ1) is 19.7. The molecule has 2 heterocycles. The minimum absolute atomic E-state index is 0.00788. The van der Waals surface area contributed by atoms with Gasteiger partial charge in [-0.15, -0.1) is 0 Å². The van der Waals surface area contributed by atoms with Crippen LogP contribution in [0.4, 0.5) is 5.82 Å². The molecular weight excluding hydrogens is 336 g/mol. The average molecular weight is 362 g/mol. The quantitative estimate of drug-likeness (QED) is 0.720. The number of hydrogen-bond acceptors (Lipinski definition) is 6. The van der Waals surface area contributed by atoms with Crippen molar-refractivity contribution in [3.8, 4) is 6.07 Å². The summed E-state index contributed by atoms with van der Waals surface area (Å²) in [6, 6.07) is 2.08. The van der Waals surface area contributed by atoms with Crippen LogP contribution in [-0.4, -0.2) is 58.7 Å². The Labute approximate surface area is 152 Å². The highest BCUT2D eigenvalue weighted by molar-refractivity contribution is 5.78. The van der Waals surface area contributed by atoms with Gasteiger partial charge in [0.05, 0.1) is 6.54 Å². The molecule has 142 valence electrons. The van der Waals surface area contributed by atoms with Crippen LogP contribution in [0.5, 0.6) is 0 Å². The van der Waals surface area contributed by atoms with Crippen LogP contribution in [0.25, 0.3) is 0 Å². The molecule has 0 spiro atoms. The maximum atomic E-state index is 12.2. The predicted molar refractivity (Wildman–Crippen MR) is 98.2 cm³/mol. The molecule has 0 aromatic carbocycles. The molecule has 1 aromatic rings. The molecule has 26 heavy (non-hydrogen) atoms. The van der Waals surface area contributed by atoms with Crippen molar-refractivity contribution in [3.63, 3.8) is 0 Å². The van der Waals surface area contributed by atoms with Gasteiger partial charge in [-0.3, -0.25) is 23.6 Å². The zero-order valence-electron chi connectivity index (χ0n) is 15.8. The Morgan fingerprint density at radius 1 is 1.19 bits per heavy atom. The van der Waals surface area contributed by atoms with Crippen LogP contribution in [0.15, 0.2) is 9.59 Å². The predicted octanol–water partition coefficient (Wildman–Crippen LogP) is -1.01. The van der Waals surface area contributed by atoms with Gasteiger partial charge >= 0.3 is 5.69 Å². The van der Waals surface area contributed by atoms with Gasteiger partial charge in [-0.1, -0.05) is 6.92 Å². The van der Waals surface area contributed by atoms with Crippen molar-refractivity contribution in [2.24, 2.45) is 14.1 Å². The fraction of sp³-hybridized carbons (Fsp3) is 0.647. The largest absolute Gasteiger partial charge is 0.354 e. The Balaban J connectivity index is 2.12. The normalized spacial score (nSPS) is 16.2. The van der Waals surface area contributed by atoms with Gasteiger partial charge in [-0.2, -0.15) is 5.26 Å². The molecule has 1 aliphatic heterocycles. The lowest BCUT2D eigenvalue weighted by Crippen LogP contribution is -2.52. The van der Waals surface area contributed by atoms with Gasteiger partial charge in [0.15, 0.2) is 5.56 Å². The van der Waals surface area contributed by atoms with Crippen molar-refractivity contribution in [1.82, 2.24) is 19.4 Å². The van der Waals surface area contributed by atoms with Gasteiger partial charge in [-0.25, -0.2) is 4.79 Å². The number of nitrogens with zero attached hydrogens (tertiary/aromatic N) is 5. The fourth-order valence-electron chi connectivity index (χ4n) is 3.04.